The van der Waals surface area contributed by atoms with Gasteiger partial charge in [0.1, 0.15) is 95.3 Å². The van der Waals surface area contributed by atoms with E-state index in [1.807, 2.05) is 253 Å². The lowest BCUT2D eigenvalue weighted by atomic mass is 9.96. The second kappa shape index (κ2) is 46.2. The van der Waals surface area contributed by atoms with Crippen LogP contribution in [0.1, 0.15) is 183 Å². The molecule has 0 spiro atoms. The Morgan fingerprint density at radius 1 is 0.385 bits per heavy atom. The van der Waals surface area contributed by atoms with E-state index in [4.69, 9.17) is 73.5 Å². The quantitative estimate of drug-likeness (QED) is 0.0269. The molecular formula is C116H120F3N7O17. The van der Waals surface area contributed by atoms with E-state index >= 15 is 0 Å². The molecule has 10 aromatic carbocycles. The topological polar surface area (TPSA) is 322 Å². The van der Waals surface area contributed by atoms with Crippen LogP contribution in [0.2, 0.25) is 0 Å². The van der Waals surface area contributed by atoms with Gasteiger partial charge >= 0.3 is 18.2 Å². The number of carboxylic acids is 1. The molecule has 18 rings (SSSR count). The molecule has 0 bridgehead atoms. The van der Waals surface area contributed by atoms with Gasteiger partial charge in [0.2, 0.25) is 0 Å². The first-order chi connectivity index (χ1) is 68.4. The number of Topliss-reactive ketones (excluding diaryl/α,β-unsaturated/α-hetero) is 2. The van der Waals surface area contributed by atoms with Crippen molar-refractivity contribution in [3.8, 4) is 90.5 Å². The maximum Gasteiger partial charge on any atom is 0.407 e. The molecule has 6 heterocycles. The summed E-state index contributed by atoms with van der Waals surface area (Å²) in [4.78, 5) is 77.6. The molecule has 0 unspecified atom stereocenters. The van der Waals surface area contributed by atoms with Crippen molar-refractivity contribution in [3.05, 3.63) is 347 Å². The van der Waals surface area contributed by atoms with E-state index in [1.54, 1.807) is 36.4 Å². The van der Waals surface area contributed by atoms with Gasteiger partial charge in [0.25, 0.3) is 0 Å². The predicted molar refractivity (Wildman–Crippen MR) is 540 cm³/mol. The standard InChI is InChI=1S/C44H43FN2O6.C29H33FN2O4.C22H21FN2O3.C21H23NO4/c1-27(2)21-40(47-43(49)50-25-38-36-11-7-5-9-34(36)35-10-6-8-12-37(35)38)41(48)24-31-22-29(42-26-51-44(3,4)53-42)23-39(46-31)28-13-17-32(18-14-28)52-33-19-15-30(45)16-20-33;1-18(2)13-25(31)27(33)16-22-14-20(28-17-34-29(3,4)36-28)15-26(32-22)19-5-9-23(10-6-19)35-24-11-7-21(30)8-12-24;1-22(2)26-13-20(28-22)15-11-19(25-21(24)12-15)14-3-7-17(8-4-14)27-18-9-5-16(23)6-10-18;1-13(2)11-19(20(23)24)22-21(25)26-12-18-16-9-5-3-7-14(16)15-8-4-6-10-17(15)18/h5-20,22-23,27,38,40,42H,21,24-26H2,1-4H3,(H,47,49);5-12,14-15,18,25,28H,13,16-17,31H2,1-4H3;3-12,20H,13H2,1-2H3,(H2,24,25);3-10,13,18-19H,11-12H2,1-2H3,(H,22,25)(H,23,24)/t40-,42+;25-,28+;20-;19-/m0010/s1. The molecule has 3 fully saturated rings. The number of rotatable bonds is 31. The Bertz CT molecular complexity index is 6520. The highest BCUT2D eigenvalue weighted by Gasteiger charge is 2.39. The number of pyridine rings is 3. The molecule has 27 heteroatoms. The second-order valence-electron chi connectivity index (χ2n) is 38.6. The number of nitrogens with one attached hydrogen (secondary N) is 2. The van der Waals surface area contributed by atoms with Gasteiger partial charge in [-0.3, -0.25) is 19.6 Å². The Balaban J connectivity index is 0.000000150. The zero-order chi connectivity index (χ0) is 101. The summed E-state index contributed by atoms with van der Waals surface area (Å²) in [5.74, 6) is 0.148. The highest BCUT2D eigenvalue weighted by molar-refractivity contribution is 5.90. The van der Waals surface area contributed by atoms with Gasteiger partial charge in [-0.25, -0.2) is 32.5 Å². The van der Waals surface area contributed by atoms with Crippen LogP contribution in [0.3, 0.4) is 0 Å². The molecule has 3 saturated heterocycles. The Labute approximate surface area is 831 Å². The number of amides is 2. The van der Waals surface area contributed by atoms with Crippen molar-refractivity contribution in [2.24, 2.45) is 23.5 Å². The lowest BCUT2D eigenvalue weighted by Gasteiger charge is -2.21. The first kappa shape index (κ1) is 103. The van der Waals surface area contributed by atoms with Gasteiger partial charge in [0, 0.05) is 39.9 Å². The molecule has 6 atom stereocenters. The van der Waals surface area contributed by atoms with E-state index in [0.717, 1.165) is 89.3 Å². The van der Waals surface area contributed by atoms with Crippen molar-refractivity contribution in [2.45, 2.75) is 181 Å². The summed E-state index contributed by atoms with van der Waals surface area (Å²) in [7, 11) is 0. The Kier molecular flexibility index (Phi) is 33.3. The minimum absolute atomic E-state index is 0.00931. The third-order valence-corrected chi connectivity index (χ3v) is 24.6. The van der Waals surface area contributed by atoms with Gasteiger partial charge in [-0.15, -0.1) is 0 Å². The van der Waals surface area contributed by atoms with Crippen LogP contribution in [0.15, 0.2) is 279 Å². The van der Waals surface area contributed by atoms with Gasteiger partial charge in [-0.2, -0.15) is 0 Å². The van der Waals surface area contributed by atoms with Crippen LogP contribution >= 0.6 is 0 Å². The number of ether oxygens (including phenoxy) is 11. The summed E-state index contributed by atoms with van der Waals surface area (Å²) in [5.41, 5.74) is 29.8. The average Bonchev–Trinajstić information content (AvgIpc) is 1.65. The number of halogens is 3. The molecular weight excluding hydrogens is 1820 g/mol. The number of aliphatic carboxylic acids is 1. The summed E-state index contributed by atoms with van der Waals surface area (Å²) in [6.45, 7) is 24.8. The van der Waals surface area contributed by atoms with Crippen molar-refractivity contribution in [2.75, 3.05) is 38.8 Å². The summed E-state index contributed by atoms with van der Waals surface area (Å²) < 4.78 is 104. The first-order valence-corrected chi connectivity index (χ1v) is 48.1. The van der Waals surface area contributed by atoms with E-state index in [0.29, 0.717) is 102 Å². The molecule has 24 nitrogen and oxygen atoms in total. The van der Waals surface area contributed by atoms with Crippen molar-refractivity contribution in [1.29, 1.82) is 0 Å². The zero-order valence-corrected chi connectivity index (χ0v) is 82.1. The van der Waals surface area contributed by atoms with E-state index < -0.39 is 53.6 Å². The molecule has 143 heavy (non-hydrogen) atoms. The maximum atomic E-state index is 14.0. The fourth-order valence-electron chi connectivity index (χ4n) is 17.8. The molecule has 0 saturated carbocycles. The molecule has 5 aliphatic rings. The summed E-state index contributed by atoms with van der Waals surface area (Å²) in [6.07, 6.45) is -0.544. The molecule has 742 valence electrons. The number of benzene rings is 10. The average molecular weight is 1940 g/mol. The van der Waals surface area contributed by atoms with Crippen LogP contribution in [0, 0.1) is 35.2 Å². The van der Waals surface area contributed by atoms with Gasteiger partial charge in [-0.05, 0) is 322 Å². The Hall–Kier alpha value is -14.3. The van der Waals surface area contributed by atoms with Crippen LogP contribution < -0.4 is 36.3 Å². The highest BCUT2D eigenvalue weighted by atomic mass is 19.1. The number of ketones is 2. The van der Waals surface area contributed by atoms with Gasteiger partial charge < -0.3 is 79.3 Å². The van der Waals surface area contributed by atoms with E-state index in [2.05, 4.69) is 52.0 Å². The van der Waals surface area contributed by atoms with Crippen molar-refractivity contribution in [3.63, 3.8) is 0 Å². The largest absolute Gasteiger partial charge is 0.480 e. The van der Waals surface area contributed by atoms with Crippen LogP contribution in [-0.2, 0) is 65.1 Å². The van der Waals surface area contributed by atoms with Crippen LogP contribution in [0.4, 0.5) is 28.6 Å². The SMILES string of the molecule is CC(C)C[C@H](N)C(=O)Cc1cc([C@H]2COC(C)(C)O2)cc(-c2ccc(Oc3ccc(F)cc3)cc2)n1.CC(C)C[C@H](NC(=O)OCC1c2ccccc2-c2ccccc21)C(=O)Cc1cc([C@H]2COC(C)(C)O2)cc(-c2ccc(Oc3ccc(F)cc3)cc2)n1.CC(C)C[C@H](NC(=O)OCC1c2ccccc2-c2ccccc21)C(=O)O.CC1(C)OC[C@H](c2cc(N)nc(-c3ccc(Oc4ccc(F)cc4)cc3)c2)O1. The predicted octanol–water partition coefficient (Wildman–Crippen LogP) is 24.7. The molecule has 2 aliphatic carbocycles. The van der Waals surface area contributed by atoms with Crippen molar-refractivity contribution in [1.82, 2.24) is 25.6 Å². The van der Waals surface area contributed by atoms with Gasteiger partial charge in [-0.1, -0.05) is 139 Å². The molecule has 0 radical (unpaired) electrons. The Morgan fingerprint density at radius 2 is 0.671 bits per heavy atom. The number of alkyl carbamates (subject to hydrolysis) is 2. The number of hydrogen-bond donors (Lipinski definition) is 5. The van der Waals surface area contributed by atoms with Crippen molar-refractivity contribution < 1.29 is 94.4 Å². The smallest absolute Gasteiger partial charge is 0.407 e. The third-order valence-electron chi connectivity index (χ3n) is 24.6. The molecule has 7 N–H and O–H groups in total. The van der Waals surface area contributed by atoms with E-state index in [9.17, 15) is 42.3 Å². The molecule has 3 aromatic heterocycles. The fourth-order valence-corrected chi connectivity index (χ4v) is 17.8. The number of nitrogens with zero attached hydrogens (tertiary/aromatic N) is 3. The molecule has 13 aromatic rings. The molecule has 3 aliphatic heterocycles. The van der Waals surface area contributed by atoms with Gasteiger partial charge in [0.05, 0.1) is 61.8 Å². The monoisotopic (exact) mass is 1940 g/mol. The van der Waals surface area contributed by atoms with Crippen molar-refractivity contribution >= 4 is 35.5 Å². The Morgan fingerprint density at radius 3 is 0.979 bits per heavy atom. The maximum absolute atomic E-state index is 14.0. The summed E-state index contributed by atoms with van der Waals surface area (Å²) in [6, 6.07) is 81.6. The number of hydrogen-bond acceptors (Lipinski definition) is 21. The zero-order valence-electron chi connectivity index (χ0n) is 82.1. The van der Waals surface area contributed by atoms with Crippen LogP contribution in [-0.4, -0.2) is 118 Å². The first-order valence-electron chi connectivity index (χ1n) is 48.1. The van der Waals surface area contributed by atoms with E-state index in [1.165, 1.54) is 36.4 Å². The summed E-state index contributed by atoms with van der Waals surface area (Å²) in [5, 5.41) is 14.6. The number of nitrogens with two attached hydrogens (primary N) is 2. The number of nitrogen functional groups attached to an aromatic ring is 1. The second-order valence-corrected chi connectivity index (χ2v) is 38.6. The van der Waals surface area contributed by atoms with Gasteiger partial charge in [0.15, 0.2) is 28.9 Å². The number of carboxylic acid groups (broad SMARTS) is 1. The fraction of sp³-hybridized carbons (Fsp3) is 0.310. The highest BCUT2D eigenvalue weighted by Crippen LogP contribution is 2.48. The number of carbonyl (C=O) groups excluding carboxylic acids is 4. The molecule has 2 amide bonds. The number of fused-ring (bicyclic) bond motifs is 6. The minimum atomic E-state index is -1.05. The van der Waals surface area contributed by atoms with Crippen LogP contribution in [0.5, 0.6) is 34.5 Å². The number of aromatic nitrogens is 3. The normalized spacial score (nSPS) is 16.7. The van der Waals surface area contributed by atoms with Crippen LogP contribution in [0.25, 0.3) is 56.0 Å². The lowest BCUT2D eigenvalue weighted by Crippen LogP contribution is -2.43. The lowest BCUT2D eigenvalue weighted by molar-refractivity contribution is -0.140. The van der Waals surface area contributed by atoms with E-state index in [-0.39, 0.29) is 97.1 Å². The minimum Gasteiger partial charge on any atom is -0.480 e. The third kappa shape index (κ3) is 28.0. The number of anilines is 1. The number of carbonyl (C=O) groups is 5. The summed E-state index contributed by atoms with van der Waals surface area (Å²) >= 11 is 0.